The summed E-state index contributed by atoms with van der Waals surface area (Å²) in [6, 6.07) is 17.6. The first-order chi connectivity index (χ1) is 17.7. The molecule has 1 saturated carbocycles. The fraction of sp³-hybridized carbons (Fsp3) is 0.500. The van der Waals surface area contributed by atoms with Crippen LogP contribution in [-0.4, -0.2) is 26.6 Å². The van der Waals surface area contributed by atoms with Crippen LogP contribution >= 0.6 is 0 Å². The third-order valence-electron chi connectivity index (χ3n) is 7.61. The van der Waals surface area contributed by atoms with Crippen molar-refractivity contribution in [2.45, 2.75) is 91.8 Å². The van der Waals surface area contributed by atoms with Gasteiger partial charge in [0.05, 0.1) is 11.0 Å². The minimum Gasteiger partial charge on any atom is -0.364 e. The molecule has 0 radical (unpaired) electrons. The number of aromatic nitrogens is 3. The third kappa shape index (κ3) is 6.15. The summed E-state index contributed by atoms with van der Waals surface area (Å²) in [4.78, 5) is 10.2. The summed E-state index contributed by atoms with van der Waals surface area (Å²) < 4.78 is 2.44. The van der Waals surface area contributed by atoms with E-state index in [0.29, 0.717) is 5.41 Å². The molecule has 2 aromatic heterocycles. The summed E-state index contributed by atoms with van der Waals surface area (Å²) >= 11 is 0. The summed E-state index contributed by atoms with van der Waals surface area (Å²) in [5, 5.41) is 8.43. The van der Waals surface area contributed by atoms with Crippen LogP contribution in [0.1, 0.15) is 83.7 Å². The van der Waals surface area contributed by atoms with Crippen molar-refractivity contribution in [1.82, 2.24) is 19.9 Å². The Kier molecular flexibility index (Phi) is 7.26. The Hall–Kier alpha value is -2.92. The molecule has 5 nitrogen and oxygen atoms in total. The molecule has 0 bridgehead atoms. The van der Waals surface area contributed by atoms with Gasteiger partial charge in [0.2, 0.25) is 0 Å². The first-order valence-electron chi connectivity index (χ1n) is 14.1. The second-order valence-electron chi connectivity index (χ2n) is 12.3. The highest BCUT2D eigenvalue weighted by atomic mass is 15.1. The molecule has 0 unspecified atom stereocenters. The fourth-order valence-corrected chi connectivity index (χ4v) is 5.05. The van der Waals surface area contributed by atoms with Crippen molar-refractivity contribution in [3.8, 4) is 0 Å². The van der Waals surface area contributed by atoms with Crippen LogP contribution in [0.3, 0.4) is 0 Å². The second-order valence-corrected chi connectivity index (χ2v) is 12.3. The normalized spacial score (nSPS) is 14.9. The number of nitrogens with one attached hydrogen (secondary N) is 2. The van der Waals surface area contributed by atoms with Crippen molar-refractivity contribution in [2.75, 3.05) is 11.9 Å². The molecule has 0 atom stereocenters. The Bertz CT molecular complexity index is 1360. The minimum absolute atomic E-state index is 0.101. The maximum absolute atomic E-state index is 5.20. The van der Waals surface area contributed by atoms with Gasteiger partial charge in [0.15, 0.2) is 5.82 Å². The summed E-state index contributed by atoms with van der Waals surface area (Å²) in [5.41, 5.74) is 6.33. The van der Waals surface area contributed by atoms with Gasteiger partial charge in [-0.15, -0.1) is 0 Å². The highest BCUT2D eigenvalue weighted by Crippen LogP contribution is 2.47. The van der Waals surface area contributed by atoms with Crippen LogP contribution in [0.2, 0.25) is 0 Å². The molecule has 0 amide bonds. The zero-order valence-corrected chi connectivity index (χ0v) is 23.3. The summed E-state index contributed by atoms with van der Waals surface area (Å²) in [6.07, 6.45) is 7.32. The van der Waals surface area contributed by atoms with Gasteiger partial charge in [-0.3, -0.25) is 0 Å². The van der Waals surface area contributed by atoms with E-state index < -0.39 is 0 Å². The van der Waals surface area contributed by atoms with Gasteiger partial charge in [-0.05, 0) is 75.6 Å². The van der Waals surface area contributed by atoms with Gasteiger partial charge in [-0.1, -0.05) is 62.7 Å². The smallest absolute Gasteiger partial charge is 0.155 e. The molecule has 2 heterocycles. The van der Waals surface area contributed by atoms with Crippen LogP contribution in [0.15, 0.2) is 48.5 Å². The van der Waals surface area contributed by atoms with Crippen LogP contribution < -0.4 is 10.6 Å². The second kappa shape index (κ2) is 10.4. The van der Waals surface area contributed by atoms with Gasteiger partial charge in [-0.2, -0.15) is 0 Å². The zero-order valence-electron chi connectivity index (χ0n) is 23.3. The van der Waals surface area contributed by atoms with Crippen molar-refractivity contribution in [1.29, 1.82) is 0 Å². The largest absolute Gasteiger partial charge is 0.364 e. The van der Waals surface area contributed by atoms with E-state index in [1.807, 2.05) is 0 Å². The molecule has 1 fully saturated rings. The number of rotatable bonds is 11. The molecular formula is C32H43N5. The van der Waals surface area contributed by atoms with E-state index in [1.165, 1.54) is 35.9 Å². The number of unbranched alkanes of at least 4 members (excludes halogenated alkanes) is 1. The van der Waals surface area contributed by atoms with Crippen LogP contribution in [0, 0.1) is 5.41 Å². The summed E-state index contributed by atoms with van der Waals surface area (Å²) in [5.74, 6) is 2.02. The van der Waals surface area contributed by atoms with Crippen LogP contribution in [0.4, 0.5) is 5.82 Å². The molecule has 2 aromatic carbocycles. The number of anilines is 1. The average molecular weight is 498 g/mol. The Balaban J connectivity index is 1.46. The average Bonchev–Trinajstić information content (AvgIpc) is 3.49. The maximum atomic E-state index is 5.20. The number of nitrogens with zero attached hydrogens (tertiary/aromatic N) is 3. The van der Waals surface area contributed by atoms with Gasteiger partial charge >= 0.3 is 0 Å². The Morgan fingerprint density at radius 3 is 2.41 bits per heavy atom. The number of imidazole rings is 1. The highest BCUT2D eigenvalue weighted by Gasteiger charge is 2.36. The minimum atomic E-state index is -0.101. The highest BCUT2D eigenvalue weighted by molar-refractivity contribution is 6.07. The summed E-state index contributed by atoms with van der Waals surface area (Å²) in [7, 11) is 0. The topological polar surface area (TPSA) is 54.8 Å². The van der Waals surface area contributed by atoms with E-state index in [9.17, 15) is 0 Å². The lowest BCUT2D eigenvalue weighted by molar-refractivity contribution is 0.486. The van der Waals surface area contributed by atoms with Crippen molar-refractivity contribution in [3.05, 3.63) is 65.5 Å². The molecule has 0 saturated heterocycles. The van der Waals surface area contributed by atoms with Crippen molar-refractivity contribution < 1.29 is 0 Å². The van der Waals surface area contributed by atoms with Gasteiger partial charge in [-0.25, -0.2) is 9.97 Å². The number of para-hydroxylation sites is 1. The lowest BCUT2D eigenvalue weighted by Crippen LogP contribution is -2.26. The number of benzene rings is 2. The molecule has 1 aliphatic rings. The Morgan fingerprint density at radius 1 is 0.973 bits per heavy atom. The number of pyridine rings is 1. The van der Waals surface area contributed by atoms with E-state index in [2.05, 4.69) is 98.4 Å². The monoisotopic (exact) mass is 497 g/mol. The molecule has 0 spiro atoms. The van der Waals surface area contributed by atoms with Gasteiger partial charge in [0.25, 0.3) is 0 Å². The third-order valence-corrected chi connectivity index (χ3v) is 7.61. The molecule has 196 valence electrons. The van der Waals surface area contributed by atoms with E-state index in [1.54, 1.807) is 0 Å². The van der Waals surface area contributed by atoms with E-state index >= 15 is 0 Å². The molecule has 37 heavy (non-hydrogen) atoms. The molecule has 4 aromatic rings. The zero-order chi connectivity index (χ0) is 26.0. The van der Waals surface area contributed by atoms with Crippen LogP contribution in [-0.2, 0) is 19.5 Å². The van der Waals surface area contributed by atoms with E-state index in [4.69, 9.17) is 9.97 Å². The Labute approximate surface area is 222 Å². The molecule has 2 N–H and O–H groups in total. The number of fused-ring (bicyclic) bond motifs is 3. The number of hydrogen-bond donors (Lipinski definition) is 2. The predicted octanol–water partition coefficient (Wildman–Crippen LogP) is 7.47. The predicted molar refractivity (Wildman–Crippen MR) is 156 cm³/mol. The lowest BCUT2D eigenvalue weighted by Gasteiger charge is -2.22. The SMILES string of the molecule is CCCCc1nc2c(NC(C)(C)C)nc3ccccc3c2n1Cc1ccc(CNCCC2(C)CC2)cc1. The lowest BCUT2D eigenvalue weighted by atomic mass is 10.1. The van der Waals surface area contributed by atoms with Crippen molar-refractivity contribution >= 4 is 27.8 Å². The molecular weight excluding hydrogens is 454 g/mol. The first-order valence-corrected chi connectivity index (χ1v) is 14.1. The van der Waals surface area contributed by atoms with Crippen molar-refractivity contribution in [2.24, 2.45) is 5.41 Å². The fourth-order valence-electron chi connectivity index (χ4n) is 5.05. The summed E-state index contributed by atoms with van der Waals surface area (Å²) in [6.45, 7) is 14.0. The molecule has 5 heteroatoms. The molecule has 0 aliphatic heterocycles. The first kappa shape index (κ1) is 25.7. The van der Waals surface area contributed by atoms with Gasteiger partial charge < -0.3 is 15.2 Å². The number of hydrogen-bond acceptors (Lipinski definition) is 4. The Morgan fingerprint density at radius 2 is 1.70 bits per heavy atom. The quantitative estimate of drug-likeness (QED) is 0.211. The van der Waals surface area contributed by atoms with Crippen LogP contribution in [0.25, 0.3) is 21.9 Å². The van der Waals surface area contributed by atoms with Gasteiger partial charge in [0, 0.05) is 30.4 Å². The standard InChI is InChI=1S/C32H43N5/c1-6-7-12-27-35-28-29(25-10-8-9-11-26(25)34-30(28)36-31(2,3)4)37(27)22-24-15-13-23(14-16-24)21-33-20-19-32(5)17-18-32/h8-11,13-16,33H,6-7,12,17-22H2,1-5H3,(H,34,36). The van der Waals surface area contributed by atoms with Crippen LogP contribution in [0.5, 0.6) is 0 Å². The number of aryl methyl sites for hydroxylation is 1. The molecule has 5 rings (SSSR count). The van der Waals surface area contributed by atoms with E-state index in [0.717, 1.165) is 67.0 Å². The molecule has 1 aliphatic carbocycles. The van der Waals surface area contributed by atoms with Crippen molar-refractivity contribution in [3.63, 3.8) is 0 Å². The maximum Gasteiger partial charge on any atom is 0.155 e. The van der Waals surface area contributed by atoms with Gasteiger partial charge in [0.1, 0.15) is 11.3 Å². The van der Waals surface area contributed by atoms with E-state index in [-0.39, 0.29) is 5.54 Å².